The van der Waals surface area contributed by atoms with Crippen molar-refractivity contribution in [3.05, 3.63) is 0 Å². The van der Waals surface area contributed by atoms with Gasteiger partial charge in [0.2, 0.25) is 5.91 Å². The van der Waals surface area contributed by atoms with Crippen LogP contribution in [0.15, 0.2) is 0 Å². The van der Waals surface area contributed by atoms with Crippen LogP contribution in [0.25, 0.3) is 0 Å². The van der Waals surface area contributed by atoms with E-state index in [1.165, 1.54) is 16.8 Å². The molecule has 2 rings (SSSR count). The number of morpholine rings is 1. The van der Waals surface area contributed by atoms with Crippen molar-refractivity contribution in [2.24, 2.45) is 11.8 Å². The monoisotopic (exact) mass is 299 g/mol. The molecule has 21 heavy (non-hydrogen) atoms. The highest BCUT2D eigenvalue weighted by molar-refractivity contribution is 5.87. The van der Waals surface area contributed by atoms with Gasteiger partial charge in [-0.2, -0.15) is 0 Å². The van der Waals surface area contributed by atoms with Crippen molar-refractivity contribution in [1.82, 2.24) is 15.1 Å². The van der Waals surface area contributed by atoms with Gasteiger partial charge in [-0.15, -0.1) is 0 Å². The summed E-state index contributed by atoms with van der Waals surface area (Å²) in [6.07, 6.45) is 0. The van der Waals surface area contributed by atoms with Gasteiger partial charge < -0.3 is 25.0 Å². The topological polar surface area (TPSA) is 99.2 Å². The molecule has 8 nitrogen and oxygen atoms in total. The van der Waals surface area contributed by atoms with E-state index in [0.29, 0.717) is 19.7 Å². The first-order valence-electron chi connectivity index (χ1n) is 7.03. The van der Waals surface area contributed by atoms with Gasteiger partial charge >= 0.3 is 12.0 Å². The van der Waals surface area contributed by atoms with E-state index in [9.17, 15) is 14.4 Å². The SMILES string of the molecule is CNC(=O)C1COCCN1C(=O)N1C[C@@H](C)[C@H](C(=O)O)C1. The van der Waals surface area contributed by atoms with E-state index in [2.05, 4.69) is 5.32 Å². The first kappa shape index (κ1) is 15.6. The standard InChI is InChI=1S/C13H21N3O5/c1-8-5-15(6-9(8)12(18)19)13(20)16-3-4-21-7-10(16)11(17)14-2/h8-10H,3-7H2,1-2H3,(H,14,17)(H,18,19)/t8-,9-,10?/m1/s1. The fourth-order valence-electron chi connectivity index (χ4n) is 2.84. The number of likely N-dealkylation sites (N-methyl/N-ethyl adjacent to an activating group) is 1. The quantitative estimate of drug-likeness (QED) is 0.696. The molecule has 2 aliphatic rings. The number of hydrogen-bond donors (Lipinski definition) is 2. The average Bonchev–Trinajstić information content (AvgIpc) is 2.88. The van der Waals surface area contributed by atoms with Crippen molar-refractivity contribution in [2.45, 2.75) is 13.0 Å². The Morgan fingerprint density at radius 2 is 2.00 bits per heavy atom. The number of carbonyl (C=O) groups excluding carboxylic acids is 2. The predicted molar refractivity (Wildman–Crippen MR) is 72.6 cm³/mol. The van der Waals surface area contributed by atoms with Gasteiger partial charge in [0.05, 0.1) is 19.1 Å². The van der Waals surface area contributed by atoms with Crippen molar-refractivity contribution in [3.8, 4) is 0 Å². The zero-order valence-corrected chi connectivity index (χ0v) is 12.2. The molecule has 8 heteroatoms. The van der Waals surface area contributed by atoms with E-state index in [-0.39, 0.29) is 31.0 Å². The van der Waals surface area contributed by atoms with E-state index < -0.39 is 17.9 Å². The number of urea groups is 1. The second-order valence-electron chi connectivity index (χ2n) is 5.51. The number of nitrogens with zero attached hydrogens (tertiary/aromatic N) is 2. The van der Waals surface area contributed by atoms with Crippen LogP contribution in [-0.4, -0.2) is 78.8 Å². The van der Waals surface area contributed by atoms with E-state index in [0.717, 1.165) is 0 Å². The van der Waals surface area contributed by atoms with Crippen LogP contribution in [0.1, 0.15) is 6.92 Å². The minimum Gasteiger partial charge on any atom is -0.481 e. The maximum atomic E-state index is 12.6. The Hall–Kier alpha value is -1.83. The van der Waals surface area contributed by atoms with Gasteiger partial charge in [-0.05, 0) is 5.92 Å². The Morgan fingerprint density at radius 3 is 2.57 bits per heavy atom. The van der Waals surface area contributed by atoms with Gasteiger partial charge in [0.15, 0.2) is 0 Å². The summed E-state index contributed by atoms with van der Waals surface area (Å²) in [6.45, 7) is 3.28. The van der Waals surface area contributed by atoms with Crippen LogP contribution in [0.4, 0.5) is 4.79 Å². The summed E-state index contributed by atoms with van der Waals surface area (Å²) in [5.74, 6) is -1.80. The molecule has 3 atom stereocenters. The molecule has 2 aliphatic heterocycles. The lowest BCUT2D eigenvalue weighted by Crippen LogP contribution is -2.58. The number of hydrogen-bond acceptors (Lipinski definition) is 4. The van der Waals surface area contributed by atoms with Gasteiger partial charge in [-0.1, -0.05) is 6.92 Å². The number of carbonyl (C=O) groups is 3. The molecule has 0 aromatic rings. The summed E-state index contributed by atoms with van der Waals surface area (Å²) in [5, 5.41) is 11.7. The first-order chi connectivity index (χ1) is 9.95. The lowest BCUT2D eigenvalue weighted by atomic mass is 9.99. The second-order valence-corrected chi connectivity index (χ2v) is 5.51. The van der Waals surface area contributed by atoms with Crippen LogP contribution in [0, 0.1) is 11.8 Å². The van der Waals surface area contributed by atoms with E-state index in [1.807, 2.05) is 6.92 Å². The Bertz CT molecular complexity index is 442. The third-order valence-electron chi connectivity index (χ3n) is 4.12. The lowest BCUT2D eigenvalue weighted by molar-refractivity contribution is -0.142. The van der Waals surface area contributed by atoms with Crippen LogP contribution < -0.4 is 5.32 Å². The highest BCUT2D eigenvalue weighted by Gasteiger charge is 2.41. The van der Waals surface area contributed by atoms with Gasteiger partial charge in [0, 0.05) is 26.7 Å². The third kappa shape index (κ3) is 3.10. The number of ether oxygens (including phenoxy) is 1. The Kier molecular flexibility index (Phi) is 4.66. The van der Waals surface area contributed by atoms with E-state index >= 15 is 0 Å². The van der Waals surface area contributed by atoms with Crippen LogP contribution in [0.2, 0.25) is 0 Å². The van der Waals surface area contributed by atoms with Crippen LogP contribution in [0.3, 0.4) is 0 Å². The van der Waals surface area contributed by atoms with Crippen molar-refractivity contribution >= 4 is 17.9 Å². The average molecular weight is 299 g/mol. The Labute approximate surface area is 123 Å². The second kappa shape index (κ2) is 6.30. The highest BCUT2D eigenvalue weighted by Crippen LogP contribution is 2.25. The maximum Gasteiger partial charge on any atom is 0.320 e. The zero-order valence-electron chi connectivity index (χ0n) is 12.2. The summed E-state index contributed by atoms with van der Waals surface area (Å²) in [4.78, 5) is 38.5. The molecule has 2 N–H and O–H groups in total. The number of carboxylic acid groups (broad SMARTS) is 1. The molecular formula is C13H21N3O5. The summed E-state index contributed by atoms with van der Waals surface area (Å²) < 4.78 is 5.26. The van der Waals surface area contributed by atoms with Crippen molar-refractivity contribution in [2.75, 3.05) is 39.9 Å². The van der Waals surface area contributed by atoms with E-state index in [1.54, 1.807) is 0 Å². The van der Waals surface area contributed by atoms with Crippen molar-refractivity contribution < 1.29 is 24.2 Å². The van der Waals surface area contributed by atoms with Crippen LogP contribution in [-0.2, 0) is 14.3 Å². The summed E-state index contributed by atoms with van der Waals surface area (Å²) in [7, 11) is 1.51. The van der Waals surface area contributed by atoms with Crippen molar-refractivity contribution in [3.63, 3.8) is 0 Å². The zero-order chi connectivity index (χ0) is 15.6. The Morgan fingerprint density at radius 1 is 1.29 bits per heavy atom. The number of amides is 3. The molecule has 1 unspecified atom stereocenters. The molecule has 0 aliphatic carbocycles. The molecule has 2 fully saturated rings. The molecule has 118 valence electrons. The Balaban J connectivity index is 2.08. The summed E-state index contributed by atoms with van der Waals surface area (Å²) in [6, 6.07) is -0.946. The molecule has 0 aromatic heterocycles. The molecule has 0 saturated carbocycles. The number of aliphatic carboxylic acids is 1. The first-order valence-corrected chi connectivity index (χ1v) is 7.03. The molecule has 0 aromatic carbocycles. The number of rotatable bonds is 2. The molecular weight excluding hydrogens is 278 g/mol. The van der Waals surface area contributed by atoms with Gasteiger partial charge in [0.25, 0.3) is 0 Å². The van der Waals surface area contributed by atoms with Gasteiger partial charge in [0.1, 0.15) is 6.04 Å². The minimum absolute atomic E-state index is 0.0917. The highest BCUT2D eigenvalue weighted by atomic mass is 16.5. The molecule has 2 saturated heterocycles. The largest absolute Gasteiger partial charge is 0.481 e. The van der Waals surface area contributed by atoms with Crippen LogP contribution in [0.5, 0.6) is 0 Å². The number of carboxylic acids is 1. The molecule has 0 bridgehead atoms. The lowest BCUT2D eigenvalue weighted by Gasteiger charge is -2.36. The fraction of sp³-hybridized carbons (Fsp3) is 0.769. The van der Waals surface area contributed by atoms with E-state index in [4.69, 9.17) is 9.84 Å². The third-order valence-corrected chi connectivity index (χ3v) is 4.12. The summed E-state index contributed by atoms with van der Waals surface area (Å²) in [5.41, 5.74) is 0. The van der Waals surface area contributed by atoms with Crippen LogP contribution >= 0.6 is 0 Å². The molecule has 2 heterocycles. The number of nitrogens with one attached hydrogen (secondary N) is 1. The fourth-order valence-corrected chi connectivity index (χ4v) is 2.84. The smallest absolute Gasteiger partial charge is 0.320 e. The predicted octanol–water partition coefficient (Wildman–Crippen LogP) is -0.794. The molecule has 0 spiro atoms. The maximum absolute atomic E-state index is 12.6. The minimum atomic E-state index is -0.886. The van der Waals surface area contributed by atoms with Crippen molar-refractivity contribution in [1.29, 1.82) is 0 Å². The number of likely N-dealkylation sites (tertiary alicyclic amines) is 1. The summed E-state index contributed by atoms with van der Waals surface area (Å²) >= 11 is 0. The normalized spacial score (nSPS) is 29.3. The molecule has 3 amide bonds. The van der Waals surface area contributed by atoms with Gasteiger partial charge in [-0.25, -0.2) is 4.79 Å². The molecule has 0 radical (unpaired) electrons. The van der Waals surface area contributed by atoms with Gasteiger partial charge in [-0.3, -0.25) is 9.59 Å².